The molecule has 0 aliphatic heterocycles. The van der Waals surface area contributed by atoms with Crippen molar-refractivity contribution in [2.75, 3.05) is 5.32 Å². The van der Waals surface area contributed by atoms with Crippen molar-refractivity contribution in [1.29, 1.82) is 0 Å². The number of pyridine rings is 1. The Kier molecular flexibility index (Phi) is 3.09. The predicted octanol–water partition coefficient (Wildman–Crippen LogP) is 2.34. The third-order valence-electron chi connectivity index (χ3n) is 2.38. The van der Waals surface area contributed by atoms with Gasteiger partial charge in [-0.05, 0) is 25.1 Å². The molecule has 0 atom stereocenters. The third-order valence-corrected chi connectivity index (χ3v) is 2.38. The zero-order valence-electron chi connectivity index (χ0n) is 9.64. The summed E-state index contributed by atoms with van der Waals surface area (Å²) >= 11 is 0. The molecular weight excluding hydrogens is 234 g/mol. The fourth-order valence-electron chi connectivity index (χ4n) is 1.64. The lowest BCUT2D eigenvalue weighted by Gasteiger charge is -2.07. The van der Waals surface area contributed by atoms with Crippen molar-refractivity contribution in [1.82, 2.24) is 4.98 Å². The highest BCUT2D eigenvalue weighted by molar-refractivity contribution is 5.68. The second kappa shape index (κ2) is 4.70. The van der Waals surface area contributed by atoms with Gasteiger partial charge in [-0.1, -0.05) is 18.2 Å². The Balaban J connectivity index is 2.50. The van der Waals surface area contributed by atoms with Crippen LogP contribution in [-0.2, 0) is 0 Å². The van der Waals surface area contributed by atoms with E-state index in [9.17, 15) is 14.9 Å². The first-order valence-corrected chi connectivity index (χ1v) is 5.28. The summed E-state index contributed by atoms with van der Waals surface area (Å²) in [4.78, 5) is 24.2. The average molecular weight is 245 g/mol. The van der Waals surface area contributed by atoms with E-state index in [1.165, 1.54) is 6.07 Å². The number of para-hydroxylation sites is 1. The molecular formula is C12H11N3O3. The van der Waals surface area contributed by atoms with Crippen LogP contribution in [0, 0.1) is 17.0 Å². The van der Waals surface area contributed by atoms with Crippen LogP contribution in [-0.4, -0.2) is 9.91 Å². The van der Waals surface area contributed by atoms with E-state index in [1.807, 2.05) is 6.07 Å². The normalized spacial score (nSPS) is 10.1. The molecule has 1 aromatic heterocycles. The zero-order valence-corrected chi connectivity index (χ0v) is 9.64. The summed E-state index contributed by atoms with van der Waals surface area (Å²) in [5, 5.41) is 13.8. The molecule has 0 fully saturated rings. The topological polar surface area (TPSA) is 88.0 Å². The fraction of sp³-hybridized carbons (Fsp3) is 0.0833. The monoisotopic (exact) mass is 245 g/mol. The maximum atomic E-state index is 11.6. The van der Waals surface area contributed by atoms with Gasteiger partial charge in [0.25, 0.3) is 0 Å². The van der Waals surface area contributed by atoms with Crippen molar-refractivity contribution in [3.05, 3.63) is 62.6 Å². The van der Waals surface area contributed by atoms with Crippen molar-refractivity contribution in [3.63, 3.8) is 0 Å². The Labute approximate surface area is 102 Å². The Morgan fingerprint density at radius 1 is 1.28 bits per heavy atom. The van der Waals surface area contributed by atoms with E-state index >= 15 is 0 Å². The van der Waals surface area contributed by atoms with Gasteiger partial charge < -0.3 is 10.3 Å². The van der Waals surface area contributed by atoms with Crippen molar-refractivity contribution >= 4 is 17.1 Å². The summed E-state index contributed by atoms with van der Waals surface area (Å²) in [6, 6.07) is 10.5. The lowest BCUT2D eigenvalue weighted by molar-refractivity contribution is -0.385. The van der Waals surface area contributed by atoms with Gasteiger partial charge in [-0.25, -0.2) is 0 Å². The zero-order chi connectivity index (χ0) is 13.1. The Hall–Kier alpha value is -2.63. The molecule has 6 nitrogen and oxygen atoms in total. The van der Waals surface area contributed by atoms with Crippen LogP contribution in [0.1, 0.15) is 5.69 Å². The van der Waals surface area contributed by atoms with Gasteiger partial charge in [-0.2, -0.15) is 0 Å². The minimum Gasteiger partial charge on any atom is -0.350 e. The van der Waals surface area contributed by atoms with E-state index in [0.29, 0.717) is 11.4 Å². The van der Waals surface area contributed by atoms with Crippen LogP contribution in [0.3, 0.4) is 0 Å². The van der Waals surface area contributed by atoms with Crippen LogP contribution < -0.4 is 10.9 Å². The van der Waals surface area contributed by atoms with Gasteiger partial charge in [-0.15, -0.1) is 0 Å². The standard InChI is InChI=1S/C12H11N3O3/c1-8-7-10(11(15(17)18)12(16)13-8)14-9-5-3-2-4-6-9/h2-7H,1H3,(H2,13,14,16). The molecule has 1 aromatic carbocycles. The van der Waals surface area contributed by atoms with Gasteiger partial charge in [0.2, 0.25) is 0 Å². The average Bonchev–Trinajstić information content (AvgIpc) is 2.28. The number of H-pyrrole nitrogens is 1. The number of nitrogens with one attached hydrogen (secondary N) is 2. The van der Waals surface area contributed by atoms with E-state index in [1.54, 1.807) is 31.2 Å². The van der Waals surface area contributed by atoms with Gasteiger partial charge in [0.05, 0.1) is 4.92 Å². The molecule has 0 radical (unpaired) electrons. The number of hydrogen-bond acceptors (Lipinski definition) is 4. The molecule has 0 unspecified atom stereocenters. The number of aromatic amines is 1. The number of anilines is 2. The number of aryl methyl sites for hydroxylation is 1. The van der Waals surface area contributed by atoms with E-state index in [2.05, 4.69) is 10.3 Å². The van der Waals surface area contributed by atoms with E-state index in [0.717, 1.165) is 0 Å². The molecule has 0 aliphatic rings. The number of rotatable bonds is 3. The van der Waals surface area contributed by atoms with Crippen molar-refractivity contribution in [3.8, 4) is 0 Å². The molecule has 6 heteroatoms. The quantitative estimate of drug-likeness (QED) is 0.641. The lowest BCUT2D eigenvalue weighted by atomic mass is 10.2. The van der Waals surface area contributed by atoms with Crippen LogP contribution >= 0.6 is 0 Å². The SMILES string of the molecule is Cc1cc(Nc2ccccc2)c([N+](=O)[O-])c(=O)[nH]1. The maximum Gasteiger partial charge on any atom is 0.357 e. The fourth-order valence-corrected chi connectivity index (χ4v) is 1.64. The molecule has 2 aromatic rings. The van der Waals surface area contributed by atoms with Gasteiger partial charge >= 0.3 is 11.2 Å². The molecule has 0 saturated heterocycles. The number of nitro groups is 1. The van der Waals surface area contributed by atoms with Crippen molar-refractivity contribution in [2.45, 2.75) is 6.92 Å². The largest absolute Gasteiger partial charge is 0.357 e. The molecule has 0 bridgehead atoms. The molecule has 0 spiro atoms. The summed E-state index contributed by atoms with van der Waals surface area (Å²) in [5.74, 6) is 0. The highest BCUT2D eigenvalue weighted by Crippen LogP contribution is 2.23. The van der Waals surface area contributed by atoms with Crippen molar-refractivity contribution < 1.29 is 4.92 Å². The van der Waals surface area contributed by atoms with Gasteiger partial charge in [0.15, 0.2) is 0 Å². The number of aromatic nitrogens is 1. The molecule has 2 N–H and O–H groups in total. The maximum absolute atomic E-state index is 11.6. The number of hydrogen-bond donors (Lipinski definition) is 2. The Morgan fingerprint density at radius 2 is 1.94 bits per heavy atom. The van der Waals surface area contributed by atoms with E-state index in [-0.39, 0.29) is 5.69 Å². The van der Waals surface area contributed by atoms with Crippen LogP contribution in [0.2, 0.25) is 0 Å². The number of benzene rings is 1. The highest BCUT2D eigenvalue weighted by atomic mass is 16.6. The minimum absolute atomic E-state index is 0.187. The number of nitrogens with zero attached hydrogens (tertiary/aromatic N) is 1. The summed E-state index contributed by atoms with van der Waals surface area (Å²) < 4.78 is 0. The van der Waals surface area contributed by atoms with Gasteiger partial charge in [0.1, 0.15) is 5.69 Å². The summed E-state index contributed by atoms with van der Waals surface area (Å²) in [6.07, 6.45) is 0. The van der Waals surface area contributed by atoms with Crippen LogP contribution in [0.5, 0.6) is 0 Å². The van der Waals surface area contributed by atoms with Crippen LogP contribution in [0.15, 0.2) is 41.2 Å². The minimum atomic E-state index is -0.710. The molecule has 92 valence electrons. The van der Waals surface area contributed by atoms with E-state index in [4.69, 9.17) is 0 Å². The first-order chi connectivity index (χ1) is 8.58. The Bertz CT molecular complexity index is 635. The molecule has 0 aliphatic carbocycles. The summed E-state index contributed by atoms with van der Waals surface area (Å²) in [6.45, 7) is 1.67. The third kappa shape index (κ3) is 2.37. The molecule has 2 rings (SSSR count). The van der Waals surface area contributed by atoms with Gasteiger partial charge in [-0.3, -0.25) is 14.9 Å². The smallest absolute Gasteiger partial charge is 0.350 e. The summed E-state index contributed by atoms with van der Waals surface area (Å²) in [7, 11) is 0. The lowest BCUT2D eigenvalue weighted by Crippen LogP contribution is -2.14. The highest BCUT2D eigenvalue weighted by Gasteiger charge is 2.19. The second-order valence-corrected chi connectivity index (χ2v) is 3.79. The molecule has 0 amide bonds. The summed E-state index contributed by atoms with van der Waals surface area (Å²) in [5.41, 5.74) is 0.241. The van der Waals surface area contributed by atoms with Crippen LogP contribution in [0.4, 0.5) is 17.1 Å². The van der Waals surface area contributed by atoms with Crippen molar-refractivity contribution in [2.24, 2.45) is 0 Å². The molecule has 1 heterocycles. The Morgan fingerprint density at radius 3 is 2.56 bits per heavy atom. The van der Waals surface area contributed by atoms with E-state index < -0.39 is 16.2 Å². The first kappa shape index (κ1) is 11.8. The second-order valence-electron chi connectivity index (χ2n) is 3.79. The molecule has 18 heavy (non-hydrogen) atoms. The van der Waals surface area contributed by atoms with Gasteiger partial charge in [0, 0.05) is 11.4 Å². The predicted molar refractivity (Wildman–Crippen MR) is 68.2 cm³/mol. The first-order valence-electron chi connectivity index (χ1n) is 5.28. The molecule has 0 saturated carbocycles. The van der Waals surface area contributed by atoms with Crippen LogP contribution in [0.25, 0.3) is 0 Å².